The second-order valence-corrected chi connectivity index (χ2v) is 5.13. The number of carbonyl (C=O) groups excluding carboxylic acids is 1. The van der Waals surface area contributed by atoms with Gasteiger partial charge in [-0.3, -0.25) is 4.79 Å². The predicted molar refractivity (Wildman–Crippen MR) is 73.6 cm³/mol. The second-order valence-electron chi connectivity index (χ2n) is 5.13. The van der Waals surface area contributed by atoms with Gasteiger partial charge in [-0.05, 0) is 17.5 Å². The summed E-state index contributed by atoms with van der Waals surface area (Å²) in [6.45, 7) is 3.71. The van der Waals surface area contributed by atoms with E-state index in [1.807, 2.05) is 38.1 Å². The van der Waals surface area contributed by atoms with Crippen molar-refractivity contribution in [2.45, 2.75) is 38.8 Å². The molecule has 1 heterocycles. The van der Waals surface area contributed by atoms with Crippen LogP contribution in [-0.2, 0) is 16.0 Å². The zero-order valence-electron chi connectivity index (χ0n) is 11.6. The Balaban J connectivity index is 2.01. The smallest absolute Gasteiger partial charge is 0.326 e. The normalized spacial score (nSPS) is 19.6. The van der Waals surface area contributed by atoms with Gasteiger partial charge in [0.25, 0.3) is 5.91 Å². The first-order valence-electron chi connectivity index (χ1n) is 6.80. The molecule has 1 amide bonds. The molecule has 0 radical (unpaired) electrons. The standard InChI is InChI=1S/C15H19NO4/c1-3-9(2)13(15(18)19)16-14(17)12-8-10-6-4-5-7-11(10)20-12/h4-7,9,12-13H,3,8H2,1-2H3,(H,16,17)(H,18,19)/t9?,12?,13-/m0/s1. The number of carboxylic acid groups (broad SMARTS) is 1. The van der Waals surface area contributed by atoms with Gasteiger partial charge in [0.05, 0.1) is 0 Å². The number of nitrogens with one attached hydrogen (secondary N) is 1. The molecular weight excluding hydrogens is 258 g/mol. The van der Waals surface area contributed by atoms with Crippen LogP contribution in [0.1, 0.15) is 25.8 Å². The molecule has 0 saturated carbocycles. The minimum atomic E-state index is -1.01. The first-order valence-corrected chi connectivity index (χ1v) is 6.80. The zero-order chi connectivity index (χ0) is 14.7. The zero-order valence-corrected chi connectivity index (χ0v) is 11.6. The summed E-state index contributed by atoms with van der Waals surface area (Å²) in [5.41, 5.74) is 0.975. The van der Waals surface area contributed by atoms with Gasteiger partial charge in [0.2, 0.25) is 0 Å². The minimum Gasteiger partial charge on any atom is -0.480 e. The fourth-order valence-electron chi connectivity index (χ4n) is 2.26. The van der Waals surface area contributed by atoms with E-state index >= 15 is 0 Å². The number of aliphatic carboxylic acids is 1. The van der Waals surface area contributed by atoms with Crippen LogP contribution in [0.4, 0.5) is 0 Å². The Labute approximate surface area is 117 Å². The number of benzene rings is 1. The van der Waals surface area contributed by atoms with Crippen LogP contribution in [0.2, 0.25) is 0 Å². The number of amides is 1. The third-order valence-electron chi connectivity index (χ3n) is 3.72. The van der Waals surface area contributed by atoms with Gasteiger partial charge in [-0.2, -0.15) is 0 Å². The van der Waals surface area contributed by atoms with Gasteiger partial charge in [-0.25, -0.2) is 4.79 Å². The Morgan fingerprint density at radius 3 is 2.75 bits per heavy atom. The molecule has 0 aliphatic carbocycles. The summed E-state index contributed by atoms with van der Waals surface area (Å²) in [6, 6.07) is 6.58. The van der Waals surface area contributed by atoms with Gasteiger partial charge >= 0.3 is 5.97 Å². The lowest BCUT2D eigenvalue weighted by Gasteiger charge is -2.21. The lowest BCUT2D eigenvalue weighted by molar-refractivity contribution is -0.144. The monoisotopic (exact) mass is 277 g/mol. The van der Waals surface area contributed by atoms with Crippen LogP contribution in [0.15, 0.2) is 24.3 Å². The Morgan fingerprint density at radius 1 is 1.45 bits per heavy atom. The lowest BCUT2D eigenvalue weighted by Crippen LogP contribution is -2.49. The van der Waals surface area contributed by atoms with Crippen molar-refractivity contribution in [3.05, 3.63) is 29.8 Å². The van der Waals surface area contributed by atoms with Crippen molar-refractivity contribution in [2.24, 2.45) is 5.92 Å². The van der Waals surface area contributed by atoms with E-state index in [4.69, 9.17) is 4.74 Å². The van der Waals surface area contributed by atoms with Crippen LogP contribution in [0, 0.1) is 5.92 Å². The molecule has 1 aliphatic rings. The van der Waals surface area contributed by atoms with E-state index in [2.05, 4.69) is 5.32 Å². The van der Waals surface area contributed by atoms with Gasteiger partial charge in [-0.1, -0.05) is 38.5 Å². The lowest BCUT2D eigenvalue weighted by atomic mass is 9.99. The summed E-state index contributed by atoms with van der Waals surface area (Å²) < 4.78 is 5.56. The number of ether oxygens (including phenoxy) is 1. The van der Waals surface area contributed by atoms with Gasteiger partial charge in [0.15, 0.2) is 6.10 Å². The Kier molecular flexibility index (Phi) is 4.27. The van der Waals surface area contributed by atoms with Crippen molar-refractivity contribution in [2.75, 3.05) is 0 Å². The molecule has 2 N–H and O–H groups in total. The van der Waals surface area contributed by atoms with Crippen LogP contribution in [0.5, 0.6) is 5.75 Å². The third-order valence-corrected chi connectivity index (χ3v) is 3.72. The van der Waals surface area contributed by atoms with E-state index in [1.165, 1.54) is 0 Å². The van der Waals surface area contributed by atoms with E-state index in [-0.39, 0.29) is 11.8 Å². The molecule has 0 spiro atoms. The Bertz CT molecular complexity index is 489. The summed E-state index contributed by atoms with van der Waals surface area (Å²) in [7, 11) is 0. The summed E-state index contributed by atoms with van der Waals surface area (Å²) >= 11 is 0. The van der Waals surface area contributed by atoms with Gasteiger partial charge in [0, 0.05) is 6.42 Å². The van der Waals surface area contributed by atoms with E-state index in [9.17, 15) is 14.7 Å². The molecule has 0 aromatic heterocycles. The van der Waals surface area contributed by atoms with Crippen LogP contribution < -0.4 is 10.1 Å². The molecule has 5 nitrogen and oxygen atoms in total. The van der Waals surface area contributed by atoms with Crippen molar-refractivity contribution in [1.29, 1.82) is 0 Å². The molecule has 1 aliphatic heterocycles. The molecule has 3 atom stereocenters. The molecule has 0 bridgehead atoms. The van der Waals surface area contributed by atoms with E-state index in [0.29, 0.717) is 18.6 Å². The molecule has 5 heteroatoms. The molecule has 20 heavy (non-hydrogen) atoms. The third kappa shape index (κ3) is 2.92. The maximum absolute atomic E-state index is 12.1. The average molecular weight is 277 g/mol. The number of para-hydroxylation sites is 1. The highest BCUT2D eigenvalue weighted by Gasteiger charge is 2.33. The first-order chi connectivity index (χ1) is 9.52. The van der Waals surface area contributed by atoms with Crippen LogP contribution in [0.3, 0.4) is 0 Å². The number of hydrogen-bond donors (Lipinski definition) is 2. The molecule has 2 unspecified atom stereocenters. The summed E-state index contributed by atoms with van der Waals surface area (Å²) in [5.74, 6) is -0.805. The number of carbonyl (C=O) groups is 2. The second kappa shape index (κ2) is 5.94. The maximum atomic E-state index is 12.1. The molecule has 2 rings (SSSR count). The first kappa shape index (κ1) is 14.4. The Hall–Kier alpha value is -2.04. The quantitative estimate of drug-likeness (QED) is 0.857. The highest BCUT2D eigenvalue weighted by molar-refractivity contribution is 5.87. The van der Waals surface area contributed by atoms with Crippen molar-refractivity contribution < 1.29 is 19.4 Å². The molecule has 108 valence electrons. The van der Waals surface area contributed by atoms with Gasteiger partial charge < -0.3 is 15.2 Å². The topological polar surface area (TPSA) is 75.6 Å². The van der Waals surface area contributed by atoms with Crippen molar-refractivity contribution in [3.63, 3.8) is 0 Å². The Morgan fingerprint density at radius 2 is 2.15 bits per heavy atom. The number of hydrogen-bond acceptors (Lipinski definition) is 3. The van der Waals surface area contributed by atoms with Crippen LogP contribution in [-0.4, -0.2) is 29.1 Å². The van der Waals surface area contributed by atoms with Crippen molar-refractivity contribution in [3.8, 4) is 5.75 Å². The van der Waals surface area contributed by atoms with Crippen molar-refractivity contribution >= 4 is 11.9 Å². The predicted octanol–water partition coefficient (Wildman–Crippen LogP) is 1.61. The molecule has 1 aromatic carbocycles. The van der Waals surface area contributed by atoms with Crippen LogP contribution >= 0.6 is 0 Å². The fourth-order valence-corrected chi connectivity index (χ4v) is 2.26. The molecule has 1 aromatic rings. The highest BCUT2D eigenvalue weighted by Crippen LogP contribution is 2.28. The number of carboxylic acids is 1. The summed E-state index contributed by atoms with van der Waals surface area (Å²) in [5, 5.41) is 11.8. The number of fused-ring (bicyclic) bond motifs is 1. The largest absolute Gasteiger partial charge is 0.480 e. The molecule has 0 saturated heterocycles. The minimum absolute atomic E-state index is 0.125. The fraction of sp³-hybridized carbons (Fsp3) is 0.467. The summed E-state index contributed by atoms with van der Waals surface area (Å²) in [4.78, 5) is 23.4. The van der Waals surface area contributed by atoms with E-state index in [1.54, 1.807) is 0 Å². The van der Waals surface area contributed by atoms with E-state index in [0.717, 1.165) is 5.56 Å². The van der Waals surface area contributed by atoms with Crippen molar-refractivity contribution in [1.82, 2.24) is 5.32 Å². The SMILES string of the molecule is CCC(C)[C@H](NC(=O)C1Cc2ccccc2O1)C(=O)O. The van der Waals surface area contributed by atoms with Crippen LogP contribution in [0.25, 0.3) is 0 Å². The highest BCUT2D eigenvalue weighted by atomic mass is 16.5. The number of rotatable bonds is 5. The summed E-state index contributed by atoms with van der Waals surface area (Å²) in [6.07, 6.45) is 0.524. The van der Waals surface area contributed by atoms with E-state index < -0.39 is 18.1 Å². The van der Waals surface area contributed by atoms with Gasteiger partial charge in [0.1, 0.15) is 11.8 Å². The average Bonchev–Trinajstić information content (AvgIpc) is 2.87. The molecular formula is C15H19NO4. The maximum Gasteiger partial charge on any atom is 0.326 e. The van der Waals surface area contributed by atoms with Gasteiger partial charge in [-0.15, -0.1) is 0 Å². The molecule has 0 fully saturated rings.